The number of benzene rings is 1. The number of hydrogen-bond donors (Lipinski definition) is 2. The summed E-state index contributed by atoms with van der Waals surface area (Å²) in [7, 11) is 1.77. The maximum absolute atomic E-state index is 12.4. The minimum absolute atomic E-state index is 0.145. The molecule has 0 fully saturated rings. The molecule has 3 heterocycles. The fraction of sp³-hybridized carbons (Fsp3) is 0.208. The first-order valence-electron chi connectivity index (χ1n) is 11.1. The number of rotatable bonds is 8. The van der Waals surface area contributed by atoms with Crippen molar-refractivity contribution >= 4 is 34.8 Å². The third kappa shape index (κ3) is 6.73. The van der Waals surface area contributed by atoms with E-state index in [9.17, 15) is 22.8 Å². The third-order valence-electron chi connectivity index (χ3n) is 5.03. The number of amides is 1. The van der Waals surface area contributed by atoms with Crippen LogP contribution in [0, 0.1) is 0 Å². The highest BCUT2D eigenvalue weighted by Crippen LogP contribution is 2.33. The molecular formula is C24H21F3N6O5. The fourth-order valence-corrected chi connectivity index (χ4v) is 3.28. The predicted molar refractivity (Wildman–Crippen MR) is 128 cm³/mol. The van der Waals surface area contributed by atoms with Crippen LogP contribution in [0.1, 0.15) is 12.0 Å². The summed E-state index contributed by atoms with van der Waals surface area (Å²) in [6.07, 6.45) is 2.20. The number of nitrogens with zero attached hydrogens (tertiary/aromatic N) is 4. The highest BCUT2D eigenvalue weighted by atomic mass is 19.4. The standard InChI is InChI=1S/C24H21F3N6O5/c1-14(37-22(35)24(25,26)27)20(34)30-16-4-3-5-18(10-16)38-21-19(15-6-8-36-9-7-15)12-28-23(32-21)31-17-11-29-33(2)13-17/h3-6,10-13H,1,7-9H2,2H3,(H,30,34)(H,28,31,32). The Hall–Kier alpha value is -4.72. The maximum atomic E-state index is 12.4. The summed E-state index contributed by atoms with van der Waals surface area (Å²) in [6, 6.07) is 6.00. The van der Waals surface area contributed by atoms with Gasteiger partial charge < -0.3 is 24.8 Å². The third-order valence-corrected chi connectivity index (χ3v) is 5.03. The Bertz CT molecular complexity index is 1400. The molecule has 2 N–H and O–H groups in total. The van der Waals surface area contributed by atoms with E-state index in [1.54, 1.807) is 42.5 Å². The van der Waals surface area contributed by atoms with E-state index >= 15 is 0 Å². The molecule has 14 heteroatoms. The quantitative estimate of drug-likeness (QED) is 0.251. The van der Waals surface area contributed by atoms with Gasteiger partial charge in [-0.3, -0.25) is 9.48 Å². The summed E-state index contributed by atoms with van der Waals surface area (Å²) in [5, 5.41) is 9.43. The van der Waals surface area contributed by atoms with E-state index in [1.165, 1.54) is 12.1 Å². The van der Waals surface area contributed by atoms with Crippen LogP contribution in [0.2, 0.25) is 0 Å². The van der Waals surface area contributed by atoms with Gasteiger partial charge in [-0.05, 0) is 24.1 Å². The van der Waals surface area contributed by atoms with Gasteiger partial charge in [0.1, 0.15) is 5.75 Å². The zero-order valence-corrected chi connectivity index (χ0v) is 19.9. The van der Waals surface area contributed by atoms with Crippen molar-refractivity contribution in [3.05, 3.63) is 66.8 Å². The number of aromatic nitrogens is 4. The molecule has 1 aromatic carbocycles. The van der Waals surface area contributed by atoms with Gasteiger partial charge in [-0.2, -0.15) is 23.3 Å². The van der Waals surface area contributed by atoms with Crippen molar-refractivity contribution in [1.29, 1.82) is 0 Å². The summed E-state index contributed by atoms with van der Waals surface area (Å²) >= 11 is 0. The molecule has 1 aliphatic rings. The van der Waals surface area contributed by atoms with Crippen LogP contribution in [0.3, 0.4) is 0 Å². The summed E-state index contributed by atoms with van der Waals surface area (Å²) in [5.74, 6) is -4.00. The number of carbonyl (C=O) groups is 2. The van der Waals surface area contributed by atoms with E-state index in [0.29, 0.717) is 30.9 Å². The number of alkyl halides is 3. The molecule has 2 aromatic heterocycles. The Labute approximate surface area is 213 Å². The summed E-state index contributed by atoms with van der Waals surface area (Å²) in [5.41, 5.74) is 2.36. The maximum Gasteiger partial charge on any atom is 0.491 e. The van der Waals surface area contributed by atoms with Crippen LogP contribution < -0.4 is 15.4 Å². The molecule has 198 valence electrons. The van der Waals surface area contributed by atoms with Crippen LogP contribution in [0.5, 0.6) is 11.6 Å². The lowest BCUT2D eigenvalue weighted by Crippen LogP contribution is -2.28. The number of nitrogens with one attached hydrogen (secondary N) is 2. The molecule has 0 spiro atoms. The van der Waals surface area contributed by atoms with Gasteiger partial charge >= 0.3 is 12.1 Å². The van der Waals surface area contributed by atoms with Crippen molar-refractivity contribution in [1.82, 2.24) is 19.7 Å². The van der Waals surface area contributed by atoms with Gasteiger partial charge in [0.05, 0.1) is 30.7 Å². The molecule has 3 aromatic rings. The largest absolute Gasteiger partial charge is 0.491 e. The minimum atomic E-state index is -5.27. The number of hydrogen-bond acceptors (Lipinski definition) is 9. The van der Waals surface area contributed by atoms with Crippen molar-refractivity contribution in [3.63, 3.8) is 0 Å². The van der Waals surface area contributed by atoms with E-state index < -0.39 is 23.8 Å². The molecule has 4 rings (SSSR count). The van der Waals surface area contributed by atoms with Gasteiger partial charge in [-0.1, -0.05) is 18.7 Å². The molecular weight excluding hydrogens is 509 g/mol. The van der Waals surface area contributed by atoms with Gasteiger partial charge in [-0.15, -0.1) is 0 Å². The first-order valence-corrected chi connectivity index (χ1v) is 11.1. The SMILES string of the molecule is C=C(OC(=O)C(F)(F)F)C(=O)Nc1cccc(Oc2nc(Nc3cnn(C)c3)ncc2C2=CCOCC2)c1. The van der Waals surface area contributed by atoms with E-state index in [1.807, 2.05) is 6.08 Å². The number of aryl methyl sites for hydroxylation is 1. The molecule has 1 amide bonds. The van der Waals surface area contributed by atoms with Crippen LogP contribution in [-0.2, 0) is 26.1 Å². The van der Waals surface area contributed by atoms with Crippen LogP contribution in [0.4, 0.5) is 30.5 Å². The summed E-state index contributed by atoms with van der Waals surface area (Å²) in [6.45, 7) is 4.02. The molecule has 0 atom stereocenters. The average molecular weight is 530 g/mol. The zero-order valence-electron chi connectivity index (χ0n) is 19.9. The normalized spacial score (nSPS) is 13.3. The van der Waals surface area contributed by atoms with Crippen molar-refractivity contribution in [3.8, 4) is 11.6 Å². The number of halogens is 3. The van der Waals surface area contributed by atoms with Gasteiger partial charge in [0.15, 0.2) is 5.76 Å². The Morgan fingerprint density at radius 3 is 2.71 bits per heavy atom. The lowest BCUT2D eigenvalue weighted by molar-refractivity contribution is -0.195. The fourth-order valence-electron chi connectivity index (χ4n) is 3.28. The molecule has 0 radical (unpaired) electrons. The molecule has 0 unspecified atom stereocenters. The zero-order chi connectivity index (χ0) is 27.3. The molecule has 11 nitrogen and oxygen atoms in total. The second-order valence-corrected chi connectivity index (χ2v) is 7.89. The van der Waals surface area contributed by atoms with Gasteiger partial charge in [0.2, 0.25) is 11.8 Å². The molecule has 38 heavy (non-hydrogen) atoms. The highest BCUT2D eigenvalue weighted by Gasteiger charge is 2.42. The smallest absolute Gasteiger partial charge is 0.438 e. The Morgan fingerprint density at radius 2 is 2.03 bits per heavy atom. The van der Waals surface area contributed by atoms with Gasteiger partial charge in [0.25, 0.3) is 5.91 Å². The monoisotopic (exact) mass is 530 g/mol. The number of carbonyl (C=O) groups excluding carboxylic acids is 2. The van der Waals surface area contributed by atoms with Gasteiger partial charge in [0, 0.05) is 31.2 Å². The van der Waals surface area contributed by atoms with Crippen molar-refractivity contribution in [2.75, 3.05) is 23.8 Å². The first kappa shape index (κ1) is 26.3. The number of ether oxygens (including phenoxy) is 3. The van der Waals surface area contributed by atoms with Crippen LogP contribution in [-0.4, -0.2) is 51.0 Å². The Kier molecular flexibility index (Phi) is 7.71. The van der Waals surface area contributed by atoms with Crippen molar-refractivity contribution in [2.45, 2.75) is 12.6 Å². The second-order valence-electron chi connectivity index (χ2n) is 7.89. The Morgan fingerprint density at radius 1 is 1.21 bits per heavy atom. The summed E-state index contributed by atoms with van der Waals surface area (Å²) in [4.78, 5) is 32.0. The number of esters is 1. The van der Waals surface area contributed by atoms with E-state index in [4.69, 9.17) is 9.47 Å². The summed E-state index contributed by atoms with van der Waals surface area (Å²) < 4.78 is 54.2. The van der Waals surface area contributed by atoms with E-state index in [-0.39, 0.29) is 23.3 Å². The van der Waals surface area contributed by atoms with Crippen LogP contribution in [0.25, 0.3) is 5.57 Å². The molecule has 0 saturated carbocycles. The molecule has 0 aliphatic carbocycles. The Balaban J connectivity index is 1.54. The molecule has 0 saturated heterocycles. The average Bonchev–Trinajstić information content (AvgIpc) is 3.28. The first-order chi connectivity index (χ1) is 18.1. The second kappa shape index (κ2) is 11.1. The lowest BCUT2D eigenvalue weighted by atomic mass is 10.0. The van der Waals surface area contributed by atoms with E-state index in [2.05, 4.69) is 37.0 Å². The van der Waals surface area contributed by atoms with Crippen molar-refractivity contribution in [2.24, 2.45) is 7.05 Å². The minimum Gasteiger partial charge on any atom is -0.438 e. The molecule has 1 aliphatic heterocycles. The van der Waals surface area contributed by atoms with Crippen LogP contribution >= 0.6 is 0 Å². The topological polar surface area (TPSA) is 129 Å². The molecule has 0 bridgehead atoms. The van der Waals surface area contributed by atoms with Gasteiger partial charge in [-0.25, -0.2) is 9.78 Å². The van der Waals surface area contributed by atoms with Crippen LogP contribution in [0.15, 0.2) is 61.3 Å². The van der Waals surface area contributed by atoms with E-state index in [0.717, 1.165) is 5.57 Å². The highest BCUT2D eigenvalue weighted by molar-refractivity contribution is 6.03. The lowest BCUT2D eigenvalue weighted by Gasteiger charge is -2.17. The van der Waals surface area contributed by atoms with Crippen molar-refractivity contribution < 1.29 is 37.0 Å². The number of anilines is 3. The predicted octanol–water partition coefficient (Wildman–Crippen LogP) is 4.11.